The molecule has 2 aromatic carbocycles. The van der Waals surface area contributed by atoms with Gasteiger partial charge in [0.2, 0.25) is 0 Å². The molecule has 2 heterocycles. The zero-order chi connectivity index (χ0) is 18.3. The molecule has 5 nitrogen and oxygen atoms in total. The van der Waals surface area contributed by atoms with Crippen molar-refractivity contribution in [3.05, 3.63) is 82.0 Å². The van der Waals surface area contributed by atoms with E-state index in [9.17, 15) is 4.79 Å². The van der Waals surface area contributed by atoms with Crippen molar-refractivity contribution in [2.24, 2.45) is 0 Å². The average Bonchev–Trinajstić information content (AvgIpc) is 2.97. The molecular weight excluding hydrogens is 326 g/mol. The Hall–Kier alpha value is -3.34. The molecule has 2 N–H and O–H groups in total. The minimum atomic E-state index is 0.00240. The summed E-state index contributed by atoms with van der Waals surface area (Å²) in [5.74, 6) is 0.763. The summed E-state index contributed by atoms with van der Waals surface area (Å²) in [5, 5.41) is 4.71. The number of anilines is 1. The van der Waals surface area contributed by atoms with Crippen LogP contribution in [0.4, 0.5) is 5.69 Å². The zero-order valence-electron chi connectivity index (χ0n) is 14.7. The van der Waals surface area contributed by atoms with Crippen LogP contribution in [0.15, 0.2) is 64.0 Å². The summed E-state index contributed by atoms with van der Waals surface area (Å²) < 4.78 is 7.34. The van der Waals surface area contributed by atoms with Crippen LogP contribution in [0.1, 0.15) is 17.0 Å². The second-order valence-electron chi connectivity index (χ2n) is 6.44. The summed E-state index contributed by atoms with van der Waals surface area (Å²) in [6.07, 6.45) is 1.81. The van der Waals surface area contributed by atoms with E-state index < -0.39 is 0 Å². The predicted molar refractivity (Wildman–Crippen MR) is 103 cm³/mol. The standard InChI is InChI=1S/C21H19N3O2/c1-13-21(14(2)26-23-13)15-7-8-17-19(11-15)24(10-9-20(17)25)12-16-5-3-4-6-18(16)22/h3-11H,12,22H2,1-2H3. The van der Waals surface area contributed by atoms with Crippen LogP contribution >= 0.6 is 0 Å². The summed E-state index contributed by atoms with van der Waals surface area (Å²) in [7, 11) is 0. The lowest BCUT2D eigenvalue weighted by Gasteiger charge is -2.13. The van der Waals surface area contributed by atoms with E-state index in [1.54, 1.807) is 6.07 Å². The number of hydrogen-bond acceptors (Lipinski definition) is 4. The number of hydrogen-bond donors (Lipinski definition) is 1. The molecule has 0 amide bonds. The quantitative estimate of drug-likeness (QED) is 0.571. The molecule has 0 aliphatic carbocycles. The summed E-state index contributed by atoms with van der Waals surface area (Å²) in [6, 6.07) is 15.2. The van der Waals surface area contributed by atoms with Crippen LogP contribution in [0.2, 0.25) is 0 Å². The fourth-order valence-corrected chi connectivity index (χ4v) is 3.36. The molecule has 0 radical (unpaired) electrons. The van der Waals surface area contributed by atoms with Gasteiger partial charge in [0.25, 0.3) is 0 Å². The van der Waals surface area contributed by atoms with E-state index in [1.807, 2.05) is 67.1 Å². The van der Waals surface area contributed by atoms with E-state index in [4.69, 9.17) is 10.3 Å². The minimum absolute atomic E-state index is 0.00240. The van der Waals surface area contributed by atoms with Gasteiger partial charge in [0, 0.05) is 35.4 Å². The van der Waals surface area contributed by atoms with Gasteiger partial charge in [-0.3, -0.25) is 4.79 Å². The van der Waals surface area contributed by atoms with Crippen molar-refractivity contribution in [3.63, 3.8) is 0 Å². The number of aryl methyl sites for hydroxylation is 2. The number of nitrogens with zero attached hydrogens (tertiary/aromatic N) is 2. The van der Waals surface area contributed by atoms with E-state index in [0.29, 0.717) is 11.9 Å². The fourth-order valence-electron chi connectivity index (χ4n) is 3.36. The van der Waals surface area contributed by atoms with Crippen molar-refractivity contribution in [3.8, 4) is 11.1 Å². The number of pyridine rings is 1. The maximum absolute atomic E-state index is 12.3. The van der Waals surface area contributed by atoms with E-state index in [1.165, 1.54) is 0 Å². The van der Waals surface area contributed by atoms with Crippen molar-refractivity contribution in [2.45, 2.75) is 20.4 Å². The molecule has 0 aliphatic heterocycles. The highest BCUT2D eigenvalue weighted by atomic mass is 16.5. The van der Waals surface area contributed by atoms with Gasteiger partial charge in [-0.15, -0.1) is 0 Å². The van der Waals surface area contributed by atoms with Crippen molar-refractivity contribution < 1.29 is 4.52 Å². The van der Waals surface area contributed by atoms with Crippen LogP contribution in [0, 0.1) is 13.8 Å². The van der Waals surface area contributed by atoms with Gasteiger partial charge in [0.15, 0.2) is 5.43 Å². The normalized spacial score (nSPS) is 11.2. The number of para-hydroxylation sites is 1. The van der Waals surface area contributed by atoms with Gasteiger partial charge in [0.05, 0.1) is 11.2 Å². The lowest BCUT2D eigenvalue weighted by atomic mass is 10.0. The topological polar surface area (TPSA) is 74.0 Å². The summed E-state index contributed by atoms with van der Waals surface area (Å²) in [5.41, 5.74) is 11.5. The first-order valence-electron chi connectivity index (χ1n) is 8.44. The Balaban J connectivity index is 1.91. The number of fused-ring (bicyclic) bond motifs is 1. The van der Waals surface area contributed by atoms with E-state index in [2.05, 4.69) is 5.16 Å². The fraction of sp³-hybridized carbons (Fsp3) is 0.143. The summed E-state index contributed by atoms with van der Waals surface area (Å²) >= 11 is 0. The lowest BCUT2D eigenvalue weighted by molar-refractivity contribution is 0.393. The first-order valence-corrected chi connectivity index (χ1v) is 8.44. The number of benzene rings is 2. The molecule has 0 fully saturated rings. The SMILES string of the molecule is Cc1noc(C)c1-c1ccc2c(=O)ccn(Cc3ccccc3N)c2c1. The molecule has 4 aromatic rings. The molecule has 0 bridgehead atoms. The third-order valence-corrected chi connectivity index (χ3v) is 4.70. The predicted octanol–water partition coefficient (Wildman–Crippen LogP) is 3.90. The molecule has 4 rings (SSSR count). The Kier molecular flexibility index (Phi) is 3.84. The number of rotatable bonds is 3. The van der Waals surface area contributed by atoms with Crippen molar-refractivity contribution in [1.82, 2.24) is 9.72 Å². The Labute approximate surface area is 150 Å². The molecule has 0 saturated carbocycles. The zero-order valence-corrected chi connectivity index (χ0v) is 14.7. The molecule has 130 valence electrons. The molecular formula is C21H19N3O2. The smallest absolute Gasteiger partial charge is 0.189 e. The van der Waals surface area contributed by atoms with Crippen molar-refractivity contribution in [1.29, 1.82) is 0 Å². The second kappa shape index (κ2) is 6.19. The Morgan fingerprint density at radius 2 is 1.92 bits per heavy atom. The highest BCUT2D eigenvalue weighted by Gasteiger charge is 2.13. The molecule has 2 aromatic heterocycles. The van der Waals surface area contributed by atoms with Crippen LogP contribution in [-0.4, -0.2) is 9.72 Å². The lowest BCUT2D eigenvalue weighted by Crippen LogP contribution is -2.10. The van der Waals surface area contributed by atoms with Gasteiger partial charge in [-0.25, -0.2) is 0 Å². The molecule has 0 atom stereocenters. The third kappa shape index (κ3) is 2.67. The summed E-state index contributed by atoms with van der Waals surface area (Å²) in [4.78, 5) is 12.3. The Bertz CT molecular complexity index is 1150. The van der Waals surface area contributed by atoms with Gasteiger partial charge < -0.3 is 14.8 Å². The Morgan fingerprint density at radius 3 is 2.65 bits per heavy atom. The maximum atomic E-state index is 12.3. The van der Waals surface area contributed by atoms with E-state index >= 15 is 0 Å². The van der Waals surface area contributed by atoms with E-state index in [0.717, 1.165) is 39.3 Å². The molecule has 5 heteroatoms. The number of aromatic nitrogens is 2. The molecule has 0 saturated heterocycles. The van der Waals surface area contributed by atoms with Gasteiger partial charge in [-0.1, -0.05) is 29.4 Å². The van der Waals surface area contributed by atoms with Gasteiger partial charge in [-0.05, 0) is 43.2 Å². The molecule has 26 heavy (non-hydrogen) atoms. The Morgan fingerprint density at radius 1 is 1.12 bits per heavy atom. The highest BCUT2D eigenvalue weighted by molar-refractivity contribution is 5.85. The number of nitrogen functional groups attached to an aromatic ring is 1. The molecule has 0 spiro atoms. The monoisotopic (exact) mass is 345 g/mol. The first-order chi connectivity index (χ1) is 12.5. The van der Waals surface area contributed by atoms with Crippen molar-refractivity contribution >= 4 is 16.6 Å². The van der Waals surface area contributed by atoms with Crippen LogP contribution in [0.25, 0.3) is 22.0 Å². The summed E-state index contributed by atoms with van der Waals surface area (Å²) in [6.45, 7) is 4.40. The largest absolute Gasteiger partial charge is 0.398 e. The minimum Gasteiger partial charge on any atom is -0.398 e. The molecule has 0 unspecified atom stereocenters. The molecule has 0 aliphatic rings. The van der Waals surface area contributed by atoms with Gasteiger partial charge in [0.1, 0.15) is 5.76 Å². The second-order valence-corrected chi connectivity index (χ2v) is 6.44. The highest BCUT2D eigenvalue weighted by Crippen LogP contribution is 2.29. The van der Waals surface area contributed by atoms with Crippen LogP contribution in [0.3, 0.4) is 0 Å². The van der Waals surface area contributed by atoms with Crippen LogP contribution in [0.5, 0.6) is 0 Å². The number of nitrogens with two attached hydrogens (primary N) is 1. The van der Waals surface area contributed by atoms with Gasteiger partial charge >= 0.3 is 0 Å². The third-order valence-electron chi connectivity index (χ3n) is 4.70. The average molecular weight is 345 g/mol. The van der Waals surface area contributed by atoms with Crippen LogP contribution < -0.4 is 11.2 Å². The van der Waals surface area contributed by atoms with Gasteiger partial charge in [-0.2, -0.15) is 0 Å². The first kappa shape index (κ1) is 16.1. The van der Waals surface area contributed by atoms with Crippen LogP contribution in [-0.2, 0) is 6.54 Å². The maximum Gasteiger partial charge on any atom is 0.189 e. The van der Waals surface area contributed by atoms with Crippen molar-refractivity contribution in [2.75, 3.05) is 5.73 Å². The van der Waals surface area contributed by atoms with E-state index in [-0.39, 0.29) is 5.43 Å².